The van der Waals surface area contributed by atoms with Crippen LogP contribution in [0.4, 0.5) is 0 Å². The van der Waals surface area contributed by atoms with Crippen LogP contribution >= 0.6 is 0 Å². The van der Waals surface area contributed by atoms with Crippen molar-refractivity contribution in [2.24, 2.45) is 11.8 Å². The molecule has 0 amide bonds. The van der Waals surface area contributed by atoms with Crippen LogP contribution in [-0.2, 0) is 56.9 Å². The quantitative estimate of drug-likeness (QED) is 0.348. The molecule has 306 valence electrons. The highest BCUT2D eigenvalue weighted by atomic mass is 16.8. The van der Waals surface area contributed by atoms with Crippen LogP contribution in [0.2, 0.25) is 0 Å². The molecule has 11 rings (SSSR count). The van der Waals surface area contributed by atoms with E-state index in [1.807, 2.05) is 13.8 Å². The Bertz CT molecular complexity index is 1500. The molecule has 0 aromatic heterocycles. The number of ketones is 1. The summed E-state index contributed by atoms with van der Waals surface area (Å²) in [7, 11) is 1.73. The smallest absolute Gasteiger partial charge is 0.172 e. The molecule has 11 aliphatic rings. The van der Waals surface area contributed by atoms with E-state index in [1.165, 1.54) is 0 Å². The van der Waals surface area contributed by atoms with Crippen LogP contribution in [0.3, 0.4) is 0 Å². The molecule has 1 spiro atoms. The first-order valence-electron chi connectivity index (χ1n) is 21.4. The maximum absolute atomic E-state index is 14.2. The Kier molecular flexibility index (Phi) is 9.98. The lowest BCUT2D eigenvalue weighted by atomic mass is 9.81. The number of fused-ring (bicyclic) bond motifs is 6. The minimum Gasteiger partial charge on any atom is -0.378 e. The largest absolute Gasteiger partial charge is 0.378 e. The maximum Gasteiger partial charge on any atom is 0.172 e. The molecule has 19 atom stereocenters. The summed E-state index contributed by atoms with van der Waals surface area (Å²) in [6.07, 6.45) is 6.46. The van der Waals surface area contributed by atoms with Crippen molar-refractivity contribution in [2.45, 2.75) is 213 Å². The molecular formula is C43H62O12. The summed E-state index contributed by atoms with van der Waals surface area (Å²) in [5.74, 6) is -1.13. The molecule has 3 unspecified atom stereocenters. The van der Waals surface area contributed by atoms with Gasteiger partial charge >= 0.3 is 0 Å². The minimum atomic E-state index is -0.772. The fourth-order valence-corrected chi connectivity index (χ4v) is 12.1. The van der Waals surface area contributed by atoms with Gasteiger partial charge in [-0.3, -0.25) is 4.79 Å². The fraction of sp³-hybridized carbons (Fsp3) is 0.884. The molecule has 11 heterocycles. The zero-order valence-electron chi connectivity index (χ0n) is 33.1. The third kappa shape index (κ3) is 7.04. The molecule has 55 heavy (non-hydrogen) atoms. The van der Waals surface area contributed by atoms with E-state index in [0.717, 1.165) is 56.1 Å². The Morgan fingerprint density at radius 3 is 2.31 bits per heavy atom. The molecule has 0 aliphatic carbocycles. The van der Waals surface area contributed by atoms with Crippen LogP contribution in [0.25, 0.3) is 0 Å². The molecule has 11 saturated heterocycles. The monoisotopic (exact) mass is 770 g/mol. The maximum atomic E-state index is 14.2. The van der Waals surface area contributed by atoms with Gasteiger partial charge in [0.25, 0.3) is 0 Å². The predicted molar refractivity (Wildman–Crippen MR) is 196 cm³/mol. The molecular weight excluding hydrogens is 708 g/mol. The van der Waals surface area contributed by atoms with Crippen LogP contribution < -0.4 is 0 Å². The van der Waals surface area contributed by atoms with Gasteiger partial charge in [0.2, 0.25) is 0 Å². The molecule has 12 nitrogen and oxygen atoms in total. The molecule has 0 N–H and O–H groups in total. The Balaban J connectivity index is 0.924. The number of methoxy groups -OCH3 is 1. The van der Waals surface area contributed by atoms with E-state index in [1.54, 1.807) is 7.11 Å². The Labute approximate surface area is 325 Å². The molecule has 0 radical (unpaired) electrons. The molecule has 11 aliphatic heterocycles. The van der Waals surface area contributed by atoms with Gasteiger partial charge in [-0.15, -0.1) is 0 Å². The predicted octanol–water partition coefficient (Wildman–Crippen LogP) is 5.27. The fourth-order valence-electron chi connectivity index (χ4n) is 12.1. The molecule has 0 saturated carbocycles. The first-order valence-corrected chi connectivity index (χ1v) is 21.4. The van der Waals surface area contributed by atoms with Crippen LogP contribution in [0.5, 0.6) is 0 Å². The van der Waals surface area contributed by atoms with Gasteiger partial charge in [-0.2, -0.15) is 0 Å². The van der Waals surface area contributed by atoms with E-state index < -0.39 is 11.6 Å². The van der Waals surface area contributed by atoms with E-state index >= 15 is 0 Å². The highest BCUT2D eigenvalue weighted by Crippen LogP contribution is 2.54. The first-order chi connectivity index (χ1) is 26.4. The standard InChI is InChI=1S/C43H62O12/c1-21-13-25-7-9-30-22(2)14-27(47-30)11-12-43-19-35-38(54-43)39-40(52-35)41(55-43)37-31(51-39)10-8-26(49-37)15-24(44)16-29-33(18-32(48-25)23(21)3)50-34(36(29)45-6)17-28-20-46-42(4,5)53-28/h21,25-41H,2-3,7-20H2,1,4-6H3/t21-,25+,26-,27+,28+,29+,30+,31+,32-,33+,34-,35-,36-,37+,38?,39+,40?,41?,43+/m1/s1. The third-order valence-electron chi connectivity index (χ3n) is 14.8. The SMILES string of the molecule is C=C1C[C@@H]2CC[C@@]34C[C@H]5OC6C(O3)[C@H]3O[C@H](CC[C@@H]3O[C@H]6C5O4)CC(=O)C[C@@H]3[C@@H](OC)[C@@H](C[C@H]4COC(C)(C)O4)O[C@H]3C[C@H]3O[C@@H](CC[C@@H]1O2)C[C@@H](C)C3=C. The van der Waals surface area contributed by atoms with Crippen molar-refractivity contribution in [3.63, 3.8) is 0 Å². The molecule has 0 aromatic carbocycles. The topological polar surface area (TPSA) is 119 Å². The van der Waals surface area contributed by atoms with Crippen LogP contribution in [0.15, 0.2) is 24.3 Å². The molecule has 12 bridgehead atoms. The van der Waals surface area contributed by atoms with E-state index in [-0.39, 0.29) is 109 Å². The summed E-state index contributed by atoms with van der Waals surface area (Å²) in [5.41, 5.74) is 2.25. The second kappa shape index (κ2) is 14.5. The van der Waals surface area contributed by atoms with E-state index in [4.69, 9.17) is 52.1 Å². The average Bonchev–Trinajstić information content (AvgIpc) is 3.90. The van der Waals surface area contributed by atoms with Crippen LogP contribution in [0.1, 0.15) is 104 Å². The third-order valence-corrected chi connectivity index (χ3v) is 14.8. The van der Waals surface area contributed by atoms with Gasteiger partial charge in [-0.05, 0) is 75.9 Å². The molecule has 0 aromatic rings. The number of Topliss-reactive ketones (excluding diaryl/α,β-unsaturated/α-hetero) is 1. The second-order valence-electron chi connectivity index (χ2n) is 19.0. The number of carbonyl (C=O) groups is 1. The van der Waals surface area contributed by atoms with Crippen molar-refractivity contribution in [2.75, 3.05) is 13.7 Å². The minimum absolute atomic E-state index is 0.00392. The first kappa shape index (κ1) is 37.9. The highest BCUT2D eigenvalue weighted by Gasteiger charge is 2.68. The van der Waals surface area contributed by atoms with Gasteiger partial charge in [-0.1, -0.05) is 20.1 Å². The van der Waals surface area contributed by atoms with Gasteiger partial charge in [0, 0.05) is 51.6 Å². The summed E-state index contributed by atoms with van der Waals surface area (Å²) < 4.78 is 72.8. The van der Waals surface area contributed by atoms with Crippen LogP contribution in [-0.4, -0.2) is 129 Å². The van der Waals surface area contributed by atoms with Crippen molar-refractivity contribution in [1.82, 2.24) is 0 Å². The van der Waals surface area contributed by atoms with Gasteiger partial charge in [0.15, 0.2) is 11.6 Å². The number of ether oxygens (including phenoxy) is 11. The van der Waals surface area contributed by atoms with Crippen molar-refractivity contribution in [3.8, 4) is 0 Å². The summed E-state index contributed by atoms with van der Waals surface area (Å²) in [6, 6.07) is 0. The van der Waals surface area contributed by atoms with Crippen molar-refractivity contribution >= 4 is 5.78 Å². The Hall–Kier alpha value is -1.29. The van der Waals surface area contributed by atoms with Crippen molar-refractivity contribution in [1.29, 1.82) is 0 Å². The lowest BCUT2D eigenvalue weighted by Crippen LogP contribution is -2.61. The summed E-state index contributed by atoms with van der Waals surface area (Å²) >= 11 is 0. The zero-order chi connectivity index (χ0) is 37.8. The number of hydrogen-bond donors (Lipinski definition) is 0. The Morgan fingerprint density at radius 1 is 0.727 bits per heavy atom. The van der Waals surface area contributed by atoms with Gasteiger partial charge in [-0.25, -0.2) is 0 Å². The second-order valence-corrected chi connectivity index (χ2v) is 19.0. The molecule has 11 fully saturated rings. The van der Waals surface area contributed by atoms with Gasteiger partial charge in [0.05, 0.1) is 73.8 Å². The van der Waals surface area contributed by atoms with E-state index in [9.17, 15) is 4.79 Å². The van der Waals surface area contributed by atoms with Crippen molar-refractivity contribution in [3.05, 3.63) is 24.3 Å². The van der Waals surface area contributed by atoms with Crippen LogP contribution in [0, 0.1) is 11.8 Å². The lowest BCUT2D eigenvalue weighted by Gasteiger charge is -2.47. The highest BCUT2D eigenvalue weighted by molar-refractivity contribution is 5.79. The molecule has 12 heteroatoms. The average molecular weight is 771 g/mol. The normalized spacial score (nSPS) is 53.3. The van der Waals surface area contributed by atoms with Crippen molar-refractivity contribution < 1.29 is 56.9 Å². The lowest BCUT2D eigenvalue weighted by molar-refractivity contribution is -0.292. The summed E-state index contributed by atoms with van der Waals surface area (Å²) in [6.45, 7) is 15.6. The Morgan fingerprint density at radius 2 is 1.49 bits per heavy atom. The summed E-state index contributed by atoms with van der Waals surface area (Å²) in [5, 5.41) is 0. The van der Waals surface area contributed by atoms with Gasteiger partial charge < -0.3 is 52.1 Å². The van der Waals surface area contributed by atoms with E-state index in [0.29, 0.717) is 51.0 Å². The van der Waals surface area contributed by atoms with E-state index in [2.05, 4.69) is 20.1 Å². The number of hydrogen-bond acceptors (Lipinski definition) is 12. The summed E-state index contributed by atoms with van der Waals surface area (Å²) in [4.78, 5) is 14.2. The van der Waals surface area contributed by atoms with Gasteiger partial charge in [0.1, 0.15) is 36.3 Å². The number of rotatable bonds is 3. The number of carbonyl (C=O) groups excluding carboxylic acids is 1. The zero-order valence-corrected chi connectivity index (χ0v) is 33.1.